The lowest BCUT2D eigenvalue weighted by Crippen LogP contribution is -2.43. The van der Waals surface area contributed by atoms with Crippen molar-refractivity contribution in [3.63, 3.8) is 0 Å². The molecule has 2 unspecified atom stereocenters. The average molecular weight is 221 g/mol. The van der Waals surface area contributed by atoms with Crippen molar-refractivity contribution in [2.24, 2.45) is 0 Å². The lowest BCUT2D eigenvalue weighted by atomic mass is 9.91. The number of aliphatic hydroxyl groups excluding tert-OH is 1. The zero-order chi connectivity index (χ0) is 11.4. The Balaban J connectivity index is 1.94. The second-order valence-corrected chi connectivity index (χ2v) is 4.50. The molecule has 1 aromatic rings. The molecule has 4 nitrogen and oxygen atoms in total. The third kappa shape index (κ3) is 2.77. The molecule has 0 aliphatic heterocycles. The summed E-state index contributed by atoms with van der Waals surface area (Å²) in [6.07, 6.45) is 7.67. The van der Waals surface area contributed by atoms with Gasteiger partial charge in [-0.1, -0.05) is 12.8 Å². The van der Waals surface area contributed by atoms with E-state index in [-0.39, 0.29) is 12.1 Å². The molecule has 0 saturated heterocycles. The molecule has 1 aliphatic carbocycles. The van der Waals surface area contributed by atoms with Gasteiger partial charge in [-0.2, -0.15) is 0 Å². The number of aliphatic hydroxyl groups is 1. The molecule has 1 fully saturated rings. The normalized spacial score (nSPS) is 25.9. The summed E-state index contributed by atoms with van der Waals surface area (Å²) in [4.78, 5) is 10.6. The van der Waals surface area contributed by atoms with Gasteiger partial charge in [0.2, 0.25) is 0 Å². The maximum Gasteiger partial charge on any atom is 0.142 e. The van der Waals surface area contributed by atoms with Crippen molar-refractivity contribution in [3.05, 3.63) is 24.3 Å². The molecule has 0 bridgehead atoms. The standard InChI is InChI=1S/C12H19N3O/c1-15(9-12-13-7-4-8-14-12)10-5-2-3-6-11(10)16/h4,7-8,10-11,16H,2-3,5-6,9H2,1H3. The summed E-state index contributed by atoms with van der Waals surface area (Å²) in [7, 11) is 2.04. The SMILES string of the molecule is CN(Cc1ncccn1)C1CCCCC1O. The molecule has 1 saturated carbocycles. The van der Waals surface area contributed by atoms with Crippen LogP contribution in [-0.4, -0.2) is 39.2 Å². The van der Waals surface area contributed by atoms with Crippen LogP contribution in [0.2, 0.25) is 0 Å². The first-order valence-electron chi connectivity index (χ1n) is 5.91. The van der Waals surface area contributed by atoms with Gasteiger partial charge in [-0.3, -0.25) is 4.90 Å². The molecule has 1 aromatic heterocycles. The number of rotatable bonds is 3. The lowest BCUT2D eigenvalue weighted by molar-refractivity contribution is 0.0278. The molecule has 1 N–H and O–H groups in total. The Morgan fingerprint density at radius 2 is 2.00 bits per heavy atom. The van der Waals surface area contributed by atoms with E-state index in [1.54, 1.807) is 12.4 Å². The first kappa shape index (κ1) is 11.5. The van der Waals surface area contributed by atoms with Crippen LogP contribution in [-0.2, 0) is 6.54 Å². The second kappa shape index (κ2) is 5.37. The fourth-order valence-corrected chi connectivity index (χ4v) is 2.36. The largest absolute Gasteiger partial charge is 0.391 e. The molecule has 2 atom stereocenters. The van der Waals surface area contributed by atoms with Crippen LogP contribution in [0.3, 0.4) is 0 Å². The van der Waals surface area contributed by atoms with E-state index >= 15 is 0 Å². The van der Waals surface area contributed by atoms with Gasteiger partial charge >= 0.3 is 0 Å². The molecule has 1 heterocycles. The van der Waals surface area contributed by atoms with Crippen molar-refractivity contribution < 1.29 is 5.11 Å². The van der Waals surface area contributed by atoms with Gasteiger partial charge < -0.3 is 5.11 Å². The zero-order valence-corrected chi connectivity index (χ0v) is 9.71. The second-order valence-electron chi connectivity index (χ2n) is 4.50. The van der Waals surface area contributed by atoms with Gasteiger partial charge in [0.25, 0.3) is 0 Å². The molecule has 4 heteroatoms. The highest BCUT2D eigenvalue weighted by atomic mass is 16.3. The lowest BCUT2D eigenvalue weighted by Gasteiger charge is -2.34. The van der Waals surface area contributed by atoms with Crippen molar-refractivity contribution in [1.29, 1.82) is 0 Å². The van der Waals surface area contributed by atoms with E-state index in [4.69, 9.17) is 0 Å². The van der Waals surface area contributed by atoms with Crippen LogP contribution in [0.1, 0.15) is 31.5 Å². The summed E-state index contributed by atoms with van der Waals surface area (Å²) in [6, 6.07) is 2.08. The van der Waals surface area contributed by atoms with Gasteiger partial charge in [0, 0.05) is 18.4 Å². The van der Waals surface area contributed by atoms with E-state index in [0.29, 0.717) is 6.54 Å². The number of likely N-dealkylation sites (N-methyl/N-ethyl adjacent to an activating group) is 1. The predicted molar refractivity (Wildman–Crippen MR) is 61.8 cm³/mol. The van der Waals surface area contributed by atoms with E-state index in [1.807, 2.05) is 13.1 Å². The smallest absolute Gasteiger partial charge is 0.142 e. The Kier molecular flexibility index (Phi) is 3.85. The van der Waals surface area contributed by atoms with E-state index in [2.05, 4.69) is 14.9 Å². The van der Waals surface area contributed by atoms with E-state index in [0.717, 1.165) is 25.1 Å². The molecule has 0 amide bonds. The first-order valence-corrected chi connectivity index (χ1v) is 5.91. The highest BCUT2D eigenvalue weighted by Crippen LogP contribution is 2.22. The minimum absolute atomic E-state index is 0.192. The van der Waals surface area contributed by atoms with Gasteiger partial charge in [0.1, 0.15) is 5.82 Å². The Morgan fingerprint density at radius 1 is 1.31 bits per heavy atom. The van der Waals surface area contributed by atoms with Gasteiger partial charge in [-0.25, -0.2) is 9.97 Å². The van der Waals surface area contributed by atoms with Crippen LogP contribution >= 0.6 is 0 Å². The molecule has 0 aromatic carbocycles. The van der Waals surface area contributed by atoms with Crippen molar-refractivity contribution in [3.8, 4) is 0 Å². The Morgan fingerprint density at radius 3 is 2.69 bits per heavy atom. The van der Waals surface area contributed by atoms with Gasteiger partial charge in [0.15, 0.2) is 0 Å². The topological polar surface area (TPSA) is 49.2 Å². The molecule has 2 rings (SSSR count). The van der Waals surface area contributed by atoms with E-state index < -0.39 is 0 Å². The average Bonchev–Trinajstić information content (AvgIpc) is 2.31. The van der Waals surface area contributed by atoms with Crippen LogP contribution in [0.4, 0.5) is 0 Å². The minimum atomic E-state index is -0.192. The number of hydrogen-bond acceptors (Lipinski definition) is 4. The third-order valence-electron chi connectivity index (χ3n) is 3.27. The molecular formula is C12H19N3O. The highest BCUT2D eigenvalue weighted by Gasteiger charge is 2.26. The fraction of sp³-hybridized carbons (Fsp3) is 0.667. The van der Waals surface area contributed by atoms with E-state index in [1.165, 1.54) is 6.42 Å². The monoisotopic (exact) mass is 221 g/mol. The predicted octanol–water partition coefficient (Wildman–Crippen LogP) is 1.21. The number of aromatic nitrogens is 2. The van der Waals surface area contributed by atoms with Crippen molar-refractivity contribution in [2.75, 3.05) is 7.05 Å². The Labute approximate surface area is 96.3 Å². The van der Waals surface area contributed by atoms with Gasteiger partial charge in [-0.15, -0.1) is 0 Å². The van der Waals surface area contributed by atoms with Crippen molar-refractivity contribution >= 4 is 0 Å². The molecular weight excluding hydrogens is 202 g/mol. The summed E-state index contributed by atoms with van der Waals surface area (Å²) in [5.74, 6) is 0.822. The third-order valence-corrected chi connectivity index (χ3v) is 3.27. The zero-order valence-electron chi connectivity index (χ0n) is 9.71. The van der Waals surface area contributed by atoms with Crippen LogP contribution in [0.15, 0.2) is 18.5 Å². The maximum atomic E-state index is 9.93. The van der Waals surface area contributed by atoms with Crippen molar-refractivity contribution in [2.45, 2.75) is 44.4 Å². The molecule has 88 valence electrons. The molecule has 0 radical (unpaired) electrons. The molecule has 1 aliphatic rings. The van der Waals surface area contributed by atoms with Crippen LogP contribution in [0.25, 0.3) is 0 Å². The van der Waals surface area contributed by atoms with E-state index in [9.17, 15) is 5.11 Å². The first-order chi connectivity index (χ1) is 7.77. The summed E-state index contributed by atoms with van der Waals surface area (Å²) in [6.45, 7) is 0.711. The maximum absolute atomic E-state index is 9.93. The Bertz CT molecular complexity index is 317. The van der Waals surface area contributed by atoms with Crippen LogP contribution < -0.4 is 0 Å². The highest BCUT2D eigenvalue weighted by molar-refractivity contribution is 4.90. The number of hydrogen-bond donors (Lipinski definition) is 1. The summed E-state index contributed by atoms with van der Waals surface area (Å²) >= 11 is 0. The quantitative estimate of drug-likeness (QED) is 0.833. The van der Waals surface area contributed by atoms with Gasteiger partial charge in [-0.05, 0) is 26.0 Å². The summed E-state index contributed by atoms with van der Waals surface area (Å²) in [5.41, 5.74) is 0. The number of nitrogens with zero attached hydrogens (tertiary/aromatic N) is 3. The van der Waals surface area contributed by atoms with Crippen molar-refractivity contribution in [1.82, 2.24) is 14.9 Å². The van der Waals surface area contributed by atoms with Crippen LogP contribution in [0.5, 0.6) is 0 Å². The summed E-state index contributed by atoms with van der Waals surface area (Å²) in [5, 5.41) is 9.93. The fourth-order valence-electron chi connectivity index (χ4n) is 2.36. The summed E-state index contributed by atoms with van der Waals surface area (Å²) < 4.78 is 0. The van der Waals surface area contributed by atoms with Gasteiger partial charge in [0.05, 0.1) is 12.6 Å². The molecule has 16 heavy (non-hydrogen) atoms. The Hall–Kier alpha value is -1.00. The molecule has 0 spiro atoms. The minimum Gasteiger partial charge on any atom is -0.391 e. The van der Waals surface area contributed by atoms with Crippen LogP contribution in [0, 0.1) is 0 Å².